The Morgan fingerprint density at radius 1 is 1.18 bits per heavy atom. The van der Waals surface area contributed by atoms with E-state index in [0.717, 1.165) is 18.0 Å². The minimum absolute atomic E-state index is 0.0251. The van der Waals surface area contributed by atoms with Crippen molar-refractivity contribution in [2.24, 2.45) is 5.92 Å². The van der Waals surface area contributed by atoms with E-state index in [0.29, 0.717) is 48.0 Å². The largest absolute Gasteiger partial charge is 0.477 e. The molecule has 0 spiro atoms. The number of aryl methyl sites for hydroxylation is 1. The summed E-state index contributed by atoms with van der Waals surface area (Å²) in [5, 5.41) is 2.74. The van der Waals surface area contributed by atoms with E-state index in [9.17, 15) is 22.8 Å². The summed E-state index contributed by atoms with van der Waals surface area (Å²) in [4.78, 5) is 38.9. The lowest BCUT2D eigenvalue weighted by Gasteiger charge is -2.24. The number of hydrogen-bond donors (Lipinski definition) is 1. The van der Waals surface area contributed by atoms with Crippen LogP contribution in [0.1, 0.15) is 59.5 Å². The van der Waals surface area contributed by atoms with E-state index in [4.69, 9.17) is 9.47 Å². The fraction of sp³-hybridized carbons (Fsp3) is 0.462. The molecule has 0 bridgehead atoms. The van der Waals surface area contributed by atoms with Gasteiger partial charge in [-0.2, -0.15) is 17.5 Å². The topological polar surface area (TPSA) is 119 Å². The number of ether oxygens (including phenoxy) is 2. The summed E-state index contributed by atoms with van der Waals surface area (Å²) in [5.74, 6) is 0.0402. The first-order valence-electron chi connectivity index (χ1n) is 12.5. The van der Waals surface area contributed by atoms with Crippen LogP contribution in [0.2, 0.25) is 0 Å². The van der Waals surface area contributed by atoms with Crippen LogP contribution < -0.4 is 10.1 Å². The SMILES string of the molecule is Cc1nsc(Cc2cncc(C(F)(F)F)n2)c1C(=O)Nc1ccc(OCC2CCN(C(=O)OC(C)(C)C)C2)nc1. The lowest BCUT2D eigenvalue weighted by Crippen LogP contribution is -2.35. The van der Waals surface area contributed by atoms with Gasteiger partial charge in [0.25, 0.3) is 5.91 Å². The van der Waals surface area contributed by atoms with Gasteiger partial charge in [0.1, 0.15) is 5.60 Å². The number of nitrogens with zero attached hydrogens (tertiary/aromatic N) is 5. The number of nitrogens with one attached hydrogen (secondary N) is 1. The maximum absolute atomic E-state index is 13.0. The number of carbonyl (C=O) groups is 2. The van der Waals surface area contributed by atoms with Crippen molar-refractivity contribution in [1.82, 2.24) is 24.2 Å². The van der Waals surface area contributed by atoms with Crippen LogP contribution in [0, 0.1) is 12.8 Å². The zero-order chi connectivity index (χ0) is 29.1. The van der Waals surface area contributed by atoms with Gasteiger partial charge >= 0.3 is 12.3 Å². The molecule has 1 fully saturated rings. The van der Waals surface area contributed by atoms with E-state index in [1.807, 2.05) is 20.8 Å². The van der Waals surface area contributed by atoms with Crippen LogP contribution in [0.25, 0.3) is 0 Å². The van der Waals surface area contributed by atoms with Crippen LogP contribution in [-0.4, -0.2) is 61.5 Å². The molecule has 1 aliphatic heterocycles. The molecule has 40 heavy (non-hydrogen) atoms. The molecule has 1 saturated heterocycles. The van der Waals surface area contributed by atoms with Gasteiger partial charge in [-0.1, -0.05) is 0 Å². The van der Waals surface area contributed by atoms with Crippen molar-refractivity contribution < 1.29 is 32.2 Å². The van der Waals surface area contributed by atoms with E-state index < -0.39 is 23.4 Å². The zero-order valence-electron chi connectivity index (χ0n) is 22.4. The van der Waals surface area contributed by atoms with Crippen LogP contribution in [0.15, 0.2) is 30.7 Å². The molecule has 1 atom stereocenters. The molecule has 3 aromatic heterocycles. The minimum atomic E-state index is -4.62. The monoisotopic (exact) mass is 578 g/mol. The van der Waals surface area contributed by atoms with Crippen molar-refractivity contribution in [2.75, 3.05) is 25.0 Å². The molecule has 0 aliphatic carbocycles. The van der Waals surface area contributed by atoms with Crippen molar-refractivity contribution >= 4 is 29.2 Å². The third-order valence-electron chi connectivity index (χ3n) is 5.88. The summed E-state index contributed by atoms with van der Waals surface area (Å²) in [7, 11) is 0. The molecule has 2 amide bonds. The molecular formula is C26H29F3N6O4S. The number of halogens is 3. The Morgan fingerprint density at radius 2 is 1.95 bits per heavy atom. The van der Waals surface area contributed by atoms with Crippen LogP contribution in [0.5, 0.6) is 5.88 Å². The number of hydrogen-bond acceptors (Lipinski definition) is 9. The average molecular weight is 579 g/mol. The molecule has 14 heteroatoms. The highest BCUT2D eigenvalue weighted by atomic mass is 32.1. The number of alkyl halides is 3. The van der Waals surface area contributed by atoms with E-state index >= 15 is 0 Å². The van der Waals surface area contributed by atoms with Crippen LogP contribution in [0.3, 0.4) is 0 Å². The van der Waals surface area contributed by atoms with E-state index in [1.54, 1.807) is 24.0 Å². The molecule has 3 aromatic rings. The molecule has 0 aromatic carbocycles. The lowest BCUT2D eigenvalue weighted by atomic mass is 10.1. The smallest absolute Gasteiger partial charge is 0.434 e. The number of pyridine rings is 1. The van der Waals surface area contributed by atoms with Gasteiger partial charge in [-0.25, -0.2) is 14.8 Å². The predicted octanol–water partition coefficient (Wildman–Crippen LogP) is 5.13. The molecule has 214 valence electrons. The Morgan fingerprint density at radius 3 is 2.62 bits per heavy atom. The summed E-state index contributed by atoms with van der Waals surface area (Å²) in [6.45, 7) is 8.63. The van der Waals surface area contributed by atoms with Gasteiger partial charge in [-0.05, 0) is 51.7 Å². The average Bonchev–Trinajstić information content (AvgIpc) is 3.49. The lowest BCUT2D eigenvalue weighted by molar-refractivity contribution is -0.141. The second kappa shape index (κ2) is 11.7. The Hall–Kier alpha value is -3.81. The van der Waals surface area contributed by atoms with Crippen molar-refractivity contribution in [1.29, 1.82) is 0 Å². The van der Waals surface area contributed by atoms with Crippen molar-refractivity contribution in [2.45, 2.75) is 52.3 Å². The van der Waals surface area contributed by atoms with Gasteiger partial charge in [0.15, 0.2) is 5.69 Å². The van der Waals surface area contributed by atoms with Crippen molar-refractivity contribution in [3.8, 4) is 5.88 Å². The first-order valence-corrected chi connectivity index (χ1v) is 13.3. The first kappa shape index (κ1) is 29.2. The highest BCUT2D eigenvalue weighted by molar-refractivity contribution is 7.06. The number of carbonyl (C=O) groups excluding carboxylic acids is 2. The Labute approximate surface area is 233 Å². The molecular weight excluding hydrogens is 549 g/mol. The first-order chi connectivity index (χ1) is 18.8. The third-order valence-corrected chi connectivity index (χ3v) is 6.81. The number of likely N-dealkylation sites (tertiary alicyclic amines) is 1. The number of aromatic nitrogens is 4. The van der Waals surface area contributed by atoms with E-state index in [2.05, 4.69) is 24.6 Å². The predicted molar refractivity (Wildman–Crippen MR) is 140 cm³/mol. The quantitative estimate of drug-likeness (QED) is 0.410. The van der Waals surface area contributed by atoms with Gasteiger partial charge in [0, 0.05) is 42.6 Å². The maximum atomic E-state index is 13.0. The summed E-state index contributed by atoms with van der Waals surface area (Å²) in [5.41, 5.74) is -0.456. The second-order valence-electron chi connectivity index (χ2n) is 10.4. The molecule has 1 aliphatic rings. The van der Waals surface area contributed by atoms with Crippen molar-refractivity contribution in [3.05, 3.63) is 58.2 Å². The Kier molecular flexibility index (Phi) is 8.57. The van der Waals surface area contributed by atoms with Gasteiger partial charge in [-0.3, -0.25) is 9.78 Å². The Bertz CT molecular complexity index is 1360. The van der Waals surface area contributed by atoms with E-state index in [1.165, 1.54) is 12.4 Å². The molecule has 1 N–H and O–H groups in total. The standard InChI is InChI=1S/C26H29F3N6O4S/c1-15-22(19(40-34-15)9-18-10-30-12-20(32-18)26(27,28)29)23(36)33-17-5-6-21(31-11-17)38-14-16-7-8-35(13-16)24(37)39-25(2,3)4/h5-6,10-12,16H,7-9,13-14H2,1-4H3,(H,33,36). The molecule has 1 unspecified atom stereocenters. The zero-order valence-corrected chi connectivity index (χ0v) is 23.2. The summed E-state index contributed by atoms with van der Waals surface area (Å²) in [6.07, 6.45) is -0.861. The molecule has 10 nitrogen and oxygen atoms in total. The molecule has 4 heterocycles. The van der Waals surface area contributed by atoms with Crippen molar-refractivity contribution in [3.63, 3.8) is 0 Å². The fourth-order valence-corrected chi connectivity index (χ4v) is 4.90. The highest BCUT2D eigenvalue weighted by Crippen LogP contribution is 2.28. The number of rotatable bonds is 7. The normalized spacial score (nSPS) is 15.7. The summed E-state index contributed by atoms with van der Waals surface area (Å²) < 4.78 is 54.4. The molecule has 0 radical (unpaired) electrons. The second-order valence-corrected chi connectivity index (χ2v) is 11.2. The highest BCUT2D eigenvalue weighted by Gasteiger charge is 2.33. The summed E-state index contributed by atoms with van der Waals surface area (Å²) >= 11 is 1.02. The van der Waals surface area contributed by atoms with Gasteiger partial charge < -0.3 is 19.7 Å². The van der Waals surface area contributed by atoms with Crippen LogP contribution >= 0.6 is 11.5 Å². The maximum Gasteiger partial charge on any atom is 0.434 e. The fourth-order valence-electron chi connectivity index (χ4n) is 4.02. The summed E-state index contributed by atoms with van der Waals surface area (Å²) in [6, 6.07) is 3.25. The van der Waals surface area contributed by atoms with Gasteiger partial charge in [-0.15, -0.1) is 0 Å². The van der Waals surface area contributed by atoms with Crippen LogP contribution in [0.4, 0.5) is 23.7 Å². The molecule has 4 rings (SSSR count). The third kappa shape index (κ3) is 7.64. The van der Waals surface area contributed by atoms with Gasteiger partial charge in [0.2, 0.25) is 5.88 Å². The number of amides is 2. The number of anilines is 1. The van der Waals surface area contributed by atoms with Gasteiger partial charge in [0.05, 0.1) is 41.6 Å². The van der Waals surface area contributed by atoms with Crippen LogP contribution in [-0.2, 0) is 17.3 Å². The van der Waals surface area contributed by atoms with E-state index in [-0.39, 0.29) is 29.7 Å². The molecule has 0 saturated carbocycles. The Balaban J connectivity index is 1.32. The minimum Gasteiger partial charge on any atom is -0.477 e.